The summed E-state index contributed by atoms with van der Waals surface area (Å²) in [5.41, 5.74) is 5.45. The van der Waals surface area contributed by atoms with Crippen molar-refractivity contribution in [2.75, 3.05) is 5.32 Å². The summed E-state index contributed by atoms with van der Waals surface area (Å²) in [6, 6.07) is 21.7. The molecule has 28 heavy (non-hydrogen) atoms. The number of nitrogens with zero attached hydrogens (tertiary/aromatic N) is 2. The van der Waals surface area contributed by atoms with Gasteiger partial charge in [-0.15, -0.1) is 0 Å². The number of aromatic nitrogens is 2. The van der Waals surface area contributed by atoms with E-state index in [0.717, 1.165) is 39.3 Å². The Kier molecular flexibility index (Phi) is 4.70. The van der Waals surface area contributed by atoms with Crippen LogP contribution in [0.3, 0.4) is 0 Å². The molecule has 0 aliphatic rings. The first-order chi connectivity index (χ1) is 13.5. The van der Waals surface area contributed by atoms with Gasteiger partial charge in [-0.25, -0.2) is 9.97 Å². The predicted octanol–water partition coefficient (Wildman–Crippen LogP) is 5.46. The second-order valence-corrected chi connectivity index (χ2v) is 7.13. The Morgan fingerprint density at radius 3 is 2.29 bits per heavy atom. The third-order valence-corrected chi connectivity index (χ3v) is 5.00. The van der Waals surface area contributed by atoms with E-state index in [2.05, 4.69) is 34.3 Å². The first-order valence-corrected chi connectivity index (χ1v) is 9.38. The third kappa shape index (κ3) is 3.41. The van der Waals surface area contributed by atoms with Crippen LogP contribution in [0.4, 0.5) is 5.82 Å². The van der Waals surface area contributed by atoms with E-state index in [-0.39, 0.29) is 11.8 Å². The number of anilines is 1. The van der Waals surface area contributed by atoms with Gasteiger partial charge in [0.15, 0.2) is 0 Å². The minimum absolute atomic E-state index is 0.203. The van der Waals surface area contributed by atoms with Crippen molar-refractivity contribution in [1.82, 2.24) is 9.97 Å². The topological polar surface area (TPSA) is 58.0 Å². The van der Waals surface area contributed by atoms with Crippen LogP contribution in [0.25, 0.3) is 10.9 Å². The predicted molar refractivity (Wildman–Crippen MR) is 114 cm³/mol. The van der Waals surface area contributed by atoms with Gasteiger partial charge in [0, 0.05) is 22.3 Å². The lowest BCUT2D eigenvalue weighted by Crippen LogP contribution is -2.15. The number of benzene rings is 2. The summed E-state index contributed by atoms with van der Waals surface area (Å²) >= 11 is 0. The van der Waals surface area contributed by atoms with Crippen LogP contribution in [0.1, 0.15) is 34.1 Å². The molecule has 0 amide bonds. The Bertz CT molecular complexity index is 1150. The number of aromatic hydroxyl groups is 1. The normalized spacial score (nSPS) is 12.1. The number of rotatable bonds is 4. The second-order valence-electron chi connectivity index (χ2n) is 7.13. The standard InChI is InChI=1S/C24H23N3O/c1-15-7-4-5-9-19(15)23(27-21-10-6-8-16(2)25-21)20-14-13-18-12-11-17(3)26-22(18)24(20)28/h4-14,23,28H,1-3H3,(H,25,27)/t23-/m1/s1. The molecule has 0 aliphatic heterocycles. The first-order valence-electron chi connectivity index (χ1n) is 9.38. The van der Waals surface area contributed by atoms with Crippen LogP contribution >= 0.6 is 0 Å². The number of hydrogen-bond donors (Lipinski definition) is 2. The van der Waals surface area contributed by atoms with Crippen LogP contribution in [0, 0.1) is 20.8 Å². The lowest BCUT2D eigenvalue weighted by Gasteiger charge is -2.23. The quantitative estimate of drug-likeness (QED) is 0.501. The highest BCUT2D eigenvalue weighted by molar-refractivity contribution is 5.86. The molecule has 0 spiro atoms. The maximum atomic E-state index is 11.1. The number of hydrogen-bond acceptors (Lipinski definition) is 4. The van der Waals surface area contributed by atoms with Crippen molar-refractivity contribution in [3.63, 3.8) is 0 Å². The maximum Gasteiger partial charge on any atom is 0.147 e. The van der Waals surface area contributed by atoms with Crippen LogP contribution in [0.5, 0.6) is 5.75 Å². The summed E-state index contributed by atoms with van der Waals surface area (Å²) in [7, 11) is 0. The lowest BCUT2D eigenvalue weighted by molar-refractivity contribution is 0.471. The zero-order chi connectivity index (χ0) is 19.7. The fourth-order valence-electron chi connectivity index (χ4n) is 3.52. The Balaban J connectivity index is 1.89. The van der Waals surface area contributed by atoms with E-state index in [4.69, 9.17) is 0 Å². The van der Waals surface area contributed by atoms with Crippen molar-refractivity contribution in [3.05, 3.63) is 94.8 Å². The molecule has 4 aromatic rings. The molecule has 0 fully saturated rings. The van der Waals surface area contributed by atoms with Gasteiger partial charge in [-0.2, -0.15) is 0 Å². The van der Waals surface area contributed by atoms with Gasteiger partial charge in [0.2, 0.25) is 0 Å². The van der Waals surface area contributed by atoms with Gasteiger partial charge < -0.3 is 10.4 Å². The number of nitrogens with one attached hydrogen (secondary N) is 1. The second kappa shape index (κ2) is 7.31. The molecule has 2 N–H and O–H groups in total. The molecule has 0 saturated carbocycles. The van der Waals surface area contributed by atoms with E-state index in [9.17, 15) is 5.11 Å². The Labute approximate surface area is 164 Å². The highest BCUT2D eigenvalue weighted by atomic mass is 16.3. The van der Waals surface area contributed by atoms with Gasteiger partial charge in [-0.3, -0.25) is 0 Å². The summed E-state index contributed by atoms with van der Waals surface area (Å²) in [6.07, 6.45) is 0. The van der Waals surface area contributed by atoms with Crippen LogP contribution in [-0.4, -0.2) is 15.1 Å². The molecule has 0 unspecified atom stereocenters. The zero-order valence-electron chi connectivity index (χ0n) is 16.3. The van der Waals surface area contributed by atoms with E-state index in [1.807, 2.05) is 68.4 Å². The molecule has 0 bridgehead atoms. The molecule has 2 aromatic heterocycles. The SMILES string of the molecule is Cc1cccc(N[C@H](c2ccccc2C)c2ccc3ccc(C)nc3c2O)n1. The summed E-state index contributed by atoms with van der Waals surface area (Å²) in [5, 5.41) is 15.5. The van der Waals surface area contributed by atoms with E-state index < -0.39 is 0 Å². The van der Waals surface area contributed by atoms with Gasteiger partial charge in [-0.05, 0) is 50.1 Å². The van der Waals surface area contributed by atoms with Crippen molar-refractivity contribution in [2.45, 2.75) is 26.8 Å². The van der Waals surface area contributed by atoms with E-state index in [1.54, 1.807) is 0 Å². The molecule has 1 atom stereocenters. The number of fused-ring (bicyclic) bond motifs is 1. The number of pyridine rings is 2. The fourth-order valence-corrected chi connectivity index (χ4v) is 3.52. The van der Waals surface area contributed by atoms with Gasteiger partial charge in [0.1, 0.15) is 17.1 Å². The van der Waals surface area contributed by atoms with Gasteiger partial charge >= 0.3 is 0 Å². The Morgan fingerprint density at radius 1 is 0.750 bits per heavy atom. The maximum absolute atomic E-state index is 11.1. The van der Waals surface area contributed by atoms with Gasteiger partial charge in [-0.1, -0.05) is 48.5 Å². The number of aryl methyl sites for hydroxylation is 3. The molecule has 0 radical (unpaired) electrons. The smallest absolute Gasteiger partial charge is 0.147 e. The summed E-state index contributed by atoms with van der Waals surface area (Å²) < 4.78 is 0. The number of phenols is 1. The fraction of sp³-hybridized carbons (Fsp3) is 0.167. The molecule has 0 aliphatic carbocycles. The highest BCUT2D eigenvalue weighted by Gasteiger charge is 2.21. The average molecular weight is 369 g/mol. The molecule has 4 rings (SSSR count). The van der Waals surface area contributed by atoms with E-state index in [1.165, 1.54) is 0 Å². The first kappa shape index (κ1) is 18.0. The third-order valence-electron chi connectivity index (χ3n) is 5.00. The van der Waals surface area contributed by atoms with Crippen LogP contribution in [0.2, 0.25) is 0 Å². The van der Waals surface area contributed by atoms with Crippen molar-refractivity contribution in [2.24, 2.45) is 0 Å². The largest absolute Gasteiger partial charge is 0.505 e. The van der Waals surface area contributed by atoms with E-state index >= 15 is 0 Å². The summed E-state index contributed by atoms with van der Waals surface area (Å²) in [4.78, 5) is 9.15. The van der Waals surface area contributed by atoms with Crippen LogP contribution < -0.4 is 5.32 Å². The summed E-state index contributed by atoms with van der Waals surface area (Å²) in [5.74, 6) is 0.972. The summed E-state index contributed by atoms with van der Waals surface area (Å²) in [6.45, 7) is 5.97. The average Bonchev–Trinajstić information content (AvgIpc) is 2.68. The highest BCUT2D eigenvalue weighted by Crippen LogP contribution is 2.37. The lowest BCUT2D eigenvalue weighted by atomic mass is 9.93. The van der Waals surface area contributed by atoms with Crippen LogP contribution in [-0.2, 0) is 0 Å². The van der Waals surface area contributed by atoms with Crippen LogP contribution in [0.15, 0.2) is 66.7 Å². The Hall–Kier alpha value is -3.40. The zero-order valence-corrected chi connectivity index (χ0v) is 16.3. The van der Waals surface area contributed by atoms with Gasteiger partial charge in [0.25, 0.3) is 0 Å². The minimum atomic E-state index is -0.248. The monoisotopic (exact) mass is 369 g/mol. The van der Waals surface area contributed by atoms with E-state index in [0.29, 0.717) is 5.52 Å². The van der Waals surface area contributed by atoms with Gasteiger partial charge in [0.05, 0.1) is 6.04 Å². The number of phenolic OH excluding ortho intramolecular Hbond substituents is 1. The van der Waals surface area contributed by atoms with Crippen molar-refractivity contribution < 1.29 is 5.11 Å². The molecule has 2 heterocycles. The molecular weight excluding hydrogens is 346 g/mol. The molecule has 4 nitrogen and oxygen atoms in total. The molecule has 4 heteroatoms. The molecular formula is C24H23N3O. The van der Waals surface area contributed by atoms with Crippen molar-refractivity contribution in [3.8, 4) is 5.75 Å². The molecule has 2 aromatic carbocycles. The molecule has 140 valence electrons. The minimum Gasteiger partial charge on any atom is -0.505 e. The molecule has 0 saturated heterocycles. The Morgan fingerprint density at radius 2 is 1.50 bits per heavy atom. The van der Waals surface area contributed by atoms with Crippen molar-refractivity contribution >= 4 is 16.7 Å². The van der Waals surface area contributed by atoms with Crippen molar-refractivity contribution in [1.29, 1.82) is 0 Å².